The molecule has 0 amide bonds. The third kappa shape index (κ3) is 7.76. The van der Waals surface area contributed by atoms with E-state index in [9.17, 15) is 0 Å². The van der Waals surface area contributed by atoms with Crippen molar-refractivity contribution in [3.63, 3.8) is 0 Å². The summed E-state index contributed by atoms with van der Waals surface area (Å²) < 4.78 is 0. The van der Waals surface area contributed by atoms with Crippen LogP contribution in [0.3, 0.4) is 0 Å². The van der Waals surface area contributed by atoms with E-state index in [1.807, 2.05) is 0 Å². The predicted molar refractivity (Wildman–Crippen MR) is 294 cm³/mol. The predicted octanol–water partition coefficient (Wildman–Crippen LogP) is 19.1. The van der Waals surface area contributed by atoms with Gasteiger partial charge in [-0.2, -0.15) is 0 Å². The van der Waals surface area contributed by atoms with Crippen LogP contribution in [-0.4, -0.2) is 0 Å². The average Bonchev–Trinajstić information content (AvgIpc) is 3.44. The van der Waals surface area contributed by atoms with Crippen LogP contribution < -0.4 is 4.90 Å². The lowest BCUT2D eigenvalue weighted by Gasteiger charge is -2.32. The number of hydrogen-bond acceptors (Lipinski definition) is 1. The maximum absolute atomic E-state index is 2.54. The lowest BCUT2D eigenvalue weighted by atomic mass is 9.84. The highest BCUT2D eigenvalue weighted by Crippen LogP contribution is 2.52. The Bertz CT molecular complexity index is 3660. The molecule has 1 nitrogen and oxygen atoms in total. The van der Waals surface area contributed by atoms with Crippen molar-refractivity contribution in [3.8, 4) is 77.9 Å². The van der Waals surface area contributed by atoms with Gasteiger partial charge in [0.05, 0.1) is 11.4 Å². The van der Waals surface area contributed by atoms with E-state index >= 15 is 0 Å². The maximum Gasteiger partial charge on any atom is 0.0618 e. The van der Waals surface area contributed by atoms with Gasteiger partial charge in [-0.3, -0.25) is 0 Å². The molecule has 0 aliphatic rings. The van der Waals surface area contributed by atoms with Crippen LogP contribution in [0.2, 0.25) is 0 Å². The second-order valence-corrected chi connectivity index (χ2v) is 17.5. The molecule has 0 N–H and O–H groups in total. The van der Waals surface area contributed by atoms with Crippen LogP contribution in [0.1, 0.15) is 0 Å². The topological polar surface area (TPSA) is 3.24 Å². The highest BCUT2D eigenvalue weighted by atomic mass is 15.1. The number of anilines is 3. The van der Waals surface area contributed by atoms with Crippen molar-refractivity contribution in [1.29, 1.82) is 0 Å². The maximum atomic E-state index is 2.54. The Morgan fingerprint density at radius 2 is 0.609 bits per heavy atom. The van der Waals surface area contributed by atoms with Gasteiger partial charge >= 0.3 is 0 Å². The molecule has 69 heavy (non-hydrogen) atoms. The number of fused-ring (bicyclic) bond motifs is 3. The molecule has 0 aromatic heterocycles. The highest BCUT2D eigenvalue weighted by molar-refractivity contribution is 6.26. The quantitative estimate of drug-likeness (QED) is 0.124. The first-order valence-corrected chi connectivity index (χ1v) is 23.8. The van der Waals surface area contributed by atoms with Gasteiger partial charge in [-0.25, -0.2) is 0 Å². The summed E-state index contributed by atoms with van der Waals surface area (Å²) in [5, 5.41) is 4.81. The summed E-state index contributed by atoms with van der Waals surface area (Å²) in [6.07, 6.45) is 0. The molecule has 1 heteroatoms. The molecule has 0 aliphatic carbocycles. The van der Waals surface area contributed by atoms with Crippen LogP contribution in [0.15, 0.2) is 285 Å². The molecule has 0 fully saturated rings. The van der Waals surface area contributed by atoms with Crippen LogP contribution in [0.5, 0.6) is 0 Å². The minimum absolute atomic E-state index is 1.06. The largest absolute Gasteiger partial charge is 0.309 e. The van der Waals surface area contributed by atoms with E-state index in [1.165, 1.54) is 71.6 Å². The second-order valence-electron chi connectivity index (χ2n) is 17.5. The lowest BCUT2D eigenvalue weighted by molar-refractivity contribution is 1.30. The monoisotopic (exact) mass is 877 g/mol. The minimum Gasteiger partial charge on any atom is -0.309 e. The third-order valence-electron chi connectivity index (χ3n) is 13.5. The van der Waals surface area contributed by atoms with Gasteiger partial charge < -0.3 is 4.90 Å². The van der Waals surface area contributed by atoms with E-state index < -0.39 is 0 Å². The van der Waals surface area contributed by atoms with Gasteiger partial charge in [-0.15, -0.1) is 0 Å². The molecule has 0 bridgehead atoms. The number of rotatable bonds is 10. The van der Waals surface area contributed by atoms with E-state index in [2.05, 4.69) is 290 Å². The molecule has 0 saturated heterocycles. The van der Waals surface area contributed by atoms with Crippen molar-refractivity contribution >= 4 is 38.6 Å². The normalized spacial score (nSPS) is 11.2. The fraction of sp³-hybridized carbons (Fsp3) is 0. The molecule has 12 aromatic carbocycles. The summed E-state index contributed by atoms with van der Waals surface area (Å²) in [7, 11) is 0. The van der Waals surface area contributed by atoms with Crippen molar-refractivity contribution in [2.24, 2.45) is 0 Å². The van der Waals surface area contributed by atoms with E-state index in [0.29, 0.717) is 0 Å². The zero-order chi connectivity index (χ0) is 45.9. The fourth-order valence-corrected chi connectivity index (χ4v) is 10.3. The van der Waals surface area contributed by atoms with Crippen molar-refractivity contribution in [1.82, 2.24) is 0 Å². The van der Waals surface area contributed by atoms with Crippen LogP contribution in [0.4, 0.5) is 17.1 Å². The van der Waals surface area contributed by atoms with Gasteiger partial charge in [0.15, 0.2) is 0 Å². The van der Waals surface area contributed by atoms with Gasteiger partial charge in [0.2, 0.25) is 0 Å². The molecule has 12 aromatic rings. The highest BCUT2D eigenvalue weighted by Gasteiger charge is 2.26. The van der Waals surface area contributed by atoms with Crippen molar-refractivity contribution < 1.29 is 0 Å². The standard InChI is InChI=1S/C68H47N/c1-7-23-49(24-8-1)57-46-43-55(47-63(57)52-29-13-4-14-30-52)48-41-44-56(45-42-48)69(68-58(50-25-9-2-10-26-50)37-21-38-59(68)51-27-11-3-12-28-51)64-40-22-39-62-66(54-33-17-6-18-34-54)65(53-31-15-5-16-32-53)60-35-19-20-36-61(60)67(62)64/h1-47H. The first-order chi connectivity index (χ1) is 34.3. The fourth-order valence-electron chi connectivity index (χ4n) is 10.3. The first-order valence-electron chi connectivity index (χ1n) is 23.8. The molecule has 0 saturated carbocycles. The van der Waals surface area contributed by atoms with Crippen LogP contribution in [0.25, 0.3) is 99.4 Å². The third-order valence-corrected chi connectivity index (χ3v) is 13.5. The van der Waals surface area contributed by atoms with E-state index in [1.54, 1.807) is 0 Å². The smallest absolute Gasteiger partial charge is 0.0618 e. The van der Waals surface area contributed by atoms with Crippen LogP contribution >= 0.6 is 0 Å². The van der Waals surface area contributed by atoms with Crippen LogP contribution in [-0.2, 0) is 0 Å². The Hall–Kier alpha value is -9.04. The second kappa shape index (κ2) is 18.3. The van der Waals surface area contributed by atoms with Gasteiger partial charge in [-0.1, -0.05) is 261 Å². The summed E-state index contributed by atoms with van der Waals surface area (Å²) in [5.41, 5.74) is 19.9. The average molecular weight is 878 g/mol. The minimum atomic E-state index is 1.06. The molecule has 0 heterocycles. The van der Waals surface area contributed by atoms with E-state index in [0.717, 1.165) is 44.9 Å². The van der Waals surface area contributed by atoms with Crippen LogP contribution in [0, 0.1) is 0 Å². The summed E-state index contributed by atoms with van der Waals surface area (Å²) in [6, 6.07) is 104. The summed E-state index contributed by atoms with van der Waals surface area (Å²) in [5.74, 6) is 0. The Morgan fingerprint density at radius 3 is 1.13 bits per heavy atom. The first kappa shape index (κ1) is 41.4. The van der Waals surface area contributed by atoms with Crippen molar-refractivity contribution in [2.75, 3.05) is 4.90 Å². The summed E-state index contributed by atoms with van der Waals surface area (Å²) in [6.45, 7) is 0. The zero-order valence-corrected chi connectivity index (χ0v) is 38.1. The molecule has 0 atom stereocenters. The van der Waals surface area contributed by atoms with Gasteiger partial charge in [-0.05, 0) is 107 Å². The van der Waals surface area contributed by atoms with E-state index in [4.69, 9.17) is 0 Å². The Kier molecular flexibility index (Phi) is 11.0. The van der Waals surface area contributed by atoms with Crippen molar-refractivity contribution in [3.05, 3.63) is 285 Å². The van der Waals surface area contributed by atoms with Gasteiger partial charge in [0.1, 0.15) is 0 Å². The molecular formula is C68H47N. The van der Waals surface area contributed by atoms with E-state index in [-0.39, 0.29) is 0 Å². The number of benzene rings is 12. The number of para-hydroxylation sites is 1. The SMILES string of the molecule is c1ccc(-c2ccc(-c3ccc(N(c4c(-c5ccccc5)cccc4-c4ccccc4)c4cccc5c(-c6ccccc6)c(-c6ccccc6)c6ccccc6c45)cc3)cc2-c2ccccc2)cc1. The molecule has 324 valence electrons. The molecular weight excluding hydrogens is 831 g/mol. The Labute approximate surface area is 404 Å². The Balaban J connectivity index is 1.14. The summed E-state index contributed by atoms with van der Waals surface area (Å²) in [4.78, 5) is 2.54. The molecule has 0 unspecified atom stereocenters. The Morgan fingerprint density at radius 1 is 0.217 bits per heavy atom. The molecule has 0 radical (unpaired) electrons. The van der Waals surface area contributed by atoms with Gasteiger partial charge in [0, 0.05) is 22.2 Å². The zero-order valence-electron chi connectivity index (χ0n) is 38.1. The van der Waals surface area contributed by atoms with Crippen molar-refractivity contribution in [2.45, 2.75) is 0 Å². The lowest BCUT2D eigenvalue weighted by Crippen LogP contribution is -2.13. The molecule has 0 aliphatic heterocycles. The number of hydrogen-bond donors (Lipinski definition) is 0. The molecule has 12 rings (SSSR count). The number of nitrogens with zero attached hydrogens (tertiary/aromatic N) is 1. The van der Waals surface area contributed by atoms with Gasteiger partial charge in [0.25, 0.3) is 0 Å². The summed E-state index contributed by atoms with van der Waals surface area (Å²) >= 11 is 0. The molecule has 0 spiro atoms.